The number of para-hydroxylation sites is 1. The molecular weight excluding hydrogens is 425 g/mol. The first kappa shape index (κ1) is 19.8. The molecular formula is C19H28IN5. The number of hydrogen-bond acceptors (Lipinski definition) is 2. The van der Waals surface area contributed by atoms with E-state index < -0.39 is 0 Å². The summed E-state index contributed by atoms with van der Waals surface area (Å²) in [5, 5.41) is 4.62. The second kappa shape index (κ2) is 9.79. The smallest absolute Gasteiger partial charge is 0.191 e. The van der Waals surface area contributed by atoms with Crippen molar-refractivity contribution in [1.29, 1.82) is 0 Å². The summed E-state index contributed by atoms with van der Waals surface area (Å²) < 4.78 is 1.95. The third kappa shape index (κ3) is 5.45. The Morgan fingerprint density at radius 1 is 1.16 bits per heavy atom. The molecule has 5 nitrogen and oxygen atoms in total. The third-order valence-electron chi connectivity index (χ3n) is 4.58. The first-order valence-electron chi connectivity index (χ1n) is 8.89. The molecule has 1 saturated heterocycles. The average molecular weight is 453 g/mol. The summed E-state index contributed by atoms with van der Waals surface area (Å²) in [5.41, 5.74) is 9.57. The molecule has 0 amide bonds. The number of aryl methyl sites for hydroxylation is 2. The van der Waals surface area contributed by atoms with Gasteiger partial charge in [0.25, 0.3) is 0 Å². The molecule has 0 unspecified atom stereocenters. The van der Waals surface area contributed by atoms with Crippen LogP contribution in [0.15, 0.2) is 41.5 Å². The molecule has 0 saturated carbocycles. The zero-order chi connectivity index (χ0) is 16.8. The number of benzene rings is 1. The lowest BCUT2D eigenvalue weighted by atomic mass is 10.1. The van der Waals surface area contributed by atoms with Gasteiger partial charge >= 0.3 is 0 Å². The quantitative estimate of drug-likeness (QED) is 0.326. The van der Waals surface area contributed by atoms with Gasteiger partial charge in [-0.15, -0.1) is 24.0 Å². The number of rotatable bonds is 5. The molecule has 25 heavy (non-hydrogen) atoms. The van der Waals surface area contributed by atoms with Gasteiger partial charge in [-0.05, 0) is 56.7 Å². The van der Waals surface area contributed by atoms with Gasteiger partial charge in [-0.2, -0.15) is 5.10 Å². The van der Waals surface area contributed by atoms with Crippen molar-refractivity contribution in [2.24, 2.45) is 10.7 Å². The minimum atomic E-state index is 0. The molecule has 1 aromatic heterocycles. The second-order valence-corrected chi connectivity index (χ2v) is 6.41. The molecule has 2 aromatic rings. The van der Waals surface area contributed by atoms with Crippen LogP contribution in [-0.2, 0) is 6.42 Å². The number of guanidine groups is 1. The van der Waals surface area contributed by atoms with E-state index in [1.165, 1.54) is 24.8 Å². The lowest BCUT2D eigenvalue weighted by Gasteiger charge is -2.27. The molecule has 136 valence electrons. The summed E-state index contributed by atoms with van der Waals surface area (Å²) in [5.74, 6) is 0.714. The summed E-state index contributed by atoms with van der Waals surface area (Å²) in [4.78, 5) is 6.76. The van der Waals surface area contributed by atoms with E-state index in [2.05, 4.69) is 40.2 Å². The second-order valence-electron chi connectivity index (χ2n) is 6.41. The Bertz CT molecular complexity index is 674. The van der Waals surface area contributed by atoms with E-state index >= 15 is 0 Å². The van der Waals surface area contributed by atoms with Crippen molar-refractivity contribution in [3.05, 3.63) is 47.8 Å². The number of hydrogen-bond donors (Lipinski definition) is 1. The standard InChI is InChI=1S/C19H27N5.HI/c1-16-17(15-24(22-16)18-10-4-2-5-11-18)9-8-12-21-19(20)23-13-6-3-7-14-23;/h2,4-5,10-11,15H,3,6-9,12-14H2,1H3,(H2,20,21);1H. The van der Waals surface area contributed by atoms with Gasteiger partial charge in [0, 0.05) is 25.8 Å². The highest BCUT2D eigenvalue weighted by atomic mass is 127. The topological polar surface area (TPSA) is 59.4 Å². The molecule has 3 rings (SSSR count). The van der Waals surface area contributed by atoms with Gasteiger partial charge in [-0.25, -0.2) is 4.68 Å². The summed E-state index contributed by atoms with van der Waals surface area (Å²) in [6, 6.07) is 10.2. The Morgan fingerprint density at radius 3 is 2.60 bits per heavy atom. The van der Waals surface area contributed by atoms with Crippen molar-refractivity contribution in [2.75, 3.05) is 19.6 Å². The minimum Gasteiger partial charge on any atom is -0.370 e. The molecule has 0 bridgehead atoms. The van der Waals surface area contributed by atoms with Gasteiger partial charge in [0.15, 0.2) is 5.96 Å². The summed E-state index contributed by atoms with van der Waals surface area (Å²) in [6.07, 6.45) is 7.88. The highest BCUT2D eigenvalue weighted by molar-refractivity contribution is 14.0. The number of nitrogens with zero attached hydrogens (tertiary/aromatic N) is 4. The number of aromatic nitrogens is 2. The van der Waals surface area contributed by atoms with E-state index in [0.29, 0.717) is 5.96 Å². The van der Waals surface area contributed by atoms with Gasteiger partial charge in [-0.3, -0.25) is 4.99 Å². The van der Waals surface area contributed by atoms with Gasteiger partial charge in [0.2, 0.25) is 0 Å². The zero-order valence-electron chi connectivity index (χ0n) is 14.9. The van der Waals surface area contributed by atoms with Crippen molar-refractivity contribution in [3.8, 4) is 5.69 Å². The van der Waals surface area contributed by atoms with Gasteiger partial charge in [-0.1, -0.05) is 18.2 Å². The first-order chi connectivity index (χ1) is 11.7. The monoisotopic (exact) mass is 453 g/mol. The Kier molecular flexibility index (Phi) is 7.74. The Balaban J connectivity index is 0.00000225. The van der Waals surface area contributed by atoms with Crippen LogP contribution < -0.4 is 5.73 Å². The van der Waals surface area contributed by atoms with E-state index in [4.69, 9.17) is 5.73 Å². The van der Waals surface area contributed by atoms with Crippen LogP contribution in [0.3, 0.4) is 0 Å². The lowest BCUT2D eigenvalue weighted by Crippen LogP contribution is -2.40. The van der Waals surface area contributed by atoms with E-state index in [1.54, 1.807) is 0 Å². The first-order valence-corrected chi connectivity index (χ1v) is 8.89. The van der Waals surface area contributed by atoms with Crippen LogP contribution in [0.5, 0.6) is 0 Å². The molecule has 1 fully saturated rings. The predicted octanol–water partition coefficient (Wildman–Crippen LogP) is 3.53. The van der Waals surface area contributed by atoms with Crippen LogP contribution in [0.25, 0.3) is 5.69 Å². The molecule has 0 radical (unpaired) electrons. The highest BCUT2D eigenvalue weighted by Crippen LogP contribution is 2.13. The van der Waals surface area contributed by atoms with Crippen molar-refractivity contribution in [2.45, 2.75) is 39.0 Å². The Hall–Kier alpha value is -1.57. The number of likely N-dealkylation sites (tertiary alicyclic amines) is 1. The molecule has 2 heterocycles. The molecule has 1 aliphatic rings. The van der Waals surface area contributed by atoms with Gasteiger partial charge in [0.05, 0.1) is 11.4 Å². The van der Waals surface area contributed by atoms with Crippen molar-refractivity contribution in [3.63, 3.8) is 0 Å². The molecule has 6 heteroatoms. The minimum absolute atomic E-state index is 0. The zero-order valence-corrected chi connectivity index (χ0v) is 17.2. The molecule has 1 aliphatic heterocycles. The van der Waals surface area contributed by atoms with E-state index in [-0.39, 0.29) is 24.0 Å². The van der Waals surface area contributed by atoms with Crippen LogP contribution in [0.4, 0.5) is 0 Å². The number of nitrogens with two attached hydrogens (primary N) is 1. The van der Waals surface area contributed by atoms with Crippen molar-refractivity contribution in [1.82, 2.24) is 14.7 Å². The van der Waals surface area contributed by atoms with Crippen LogP contribution in [0.2, 0.25) is 0 Å². The van der Waals surface area contributed by atoms with E-state index in [1.807, 2.05) is 22.9 Å². The average Bonchev–Trinajstić information content (AvgIpc) is 3.01. The van der Waals surface area contributed by atoms with E-state index in [9.17, 15) is 0 Å². The van der Waals surface area contributed by atoms with Crippen molar-refractivity contribution < 1.29 is 0 Å². The third-order valence-corrected chi connectivity index (χ3v) is 4.58. The fourth-order valence-corrected chi connectivity index (χ4v) is 3.14. The molecule has 0 aliphatic carbocycles. The van der Waals surface area contributed by atoms with Gasteiger partial charge < -0.3 is 10.6 Å². The maximum Gasteiger partial charge on any atom is 0.191 e. The maximum absolute atomic E-state index is 6.10. The summed E-state index contributed by atoms with van der Waals surface area (Å²) >= 11 is 0. The lowest BCUT2D eigenvalue weighted by molar-refractivity contribution is 0.338. The van der Waals surface area contributed by atoms with Gasteiger partial charge in [0.1, 0.15) is 0 Å². The molecule has 1 aromatic carbocycles. The summed E-state index contributed by atoms with van der Waals surface area (Å²) in [6.45, 7) is 4.95. The SMILES string of the molecule is Cc1nn(-c2ccccc2)cc1CCCN=C(N)N1CCCCC1.I. The van der Waals surface area contributed by atoms with Crippen LogP contribution in [-0.4, -0.2) is 40.3 Å². The fraction of sp³-hybridized carbons (Fsp3) is 0.474. The molecule has 2 N–H and O–H groups in total. The Labute approximate surface area is 167 Å². The van der Waals surface area contributed by atoms with Crippen LogP contribution in [0.1, 0.15) is 36.9 Å². The molecule has 0 spiro atoms. The number of piperidine rings is 1. The number of aliphatic imine (C=N–C) groups is 1. The van der Waals surface area contributed by atoms with Crippen LogP contribution in [0, 0.1) is 6.92 Å². The largest absolute Gasteiger partial charge is 0.370 e. The fourth-order valence-electron chi connectivity index (χ4n) is 3.14. The van der Waals surface area contributed by atoms with E-state index in [0.717, 1.165) is 43.9 Å². The molecule has 0 atom stereocenters. The highest BCUT2D eigenvalue weighted by Gasteiger charge is 2.11. The summed E-state index contributed by atoms with van der Waals surface area (Å²) in [7, 11) is 0. The van der Waals surface area contributed by atoms with Crippen molar-refractivity contribution >= 4 is 29.9 Å². The maximum atomic E-state index is 6.10. The predicted molar refractivity (Wildman–Crippen MR) is 114 cm³/mol. The normalized spacial score (nSPS) is 15.1. The van der Waals surface area contributed by atoms with Crippen LogP contribution >= 0.6 is 24.0 Å². The Morgan fingerprint density at radius 2 is 1.88 bits per heavy atom. The number of halogens is 1.